The number of aromatic nitrogens is 1. The Balaban J connectivity index is 2.06. The summed E-state index contributed by atoms with van der Waals surface area (Å²) in [4.78, 5) is 12.3. The number of aliphatic hydroxyl groups is 1. The molecule has 1 amide bonds. The molecular formula is C16H12N2O3. The molecule has 0 saturated heterocycles. The Morgan fingerprint density at radius 3 is 2.62 bits per heavy atom. The van der Waals surface area contributed by atoms with E-state index in [9.17, 15) is 15.0 Å². The number of carbonyl (C=O) groups is 1. The molecule has 0 aliphatic carbocycles. The highest BCUT2D eigenvalue weighted by Gasteiger charge is 2.47. The predicted molar refractivity (Wildman–Crippen MR) is 78.0 cm³/mol. The van der Waals surface area contributed by atoms with Crippen LogP contribution in [0.1, 0.15) is 5.56 Å². The molecule has 1 aliphatic rings. The maximum atomic E-state index is 12.3. The third kappa shape index (κ3) is 1.41. The van der Waals surface area contributed by atoms with E-state index < -0.39 is 11.6 Å². The zero-order valence-corrected chi connectivity index (χ0v) is 10.9. The summed E-state index contributed by atoms with van der Waals surface area (Å²) in [6, 6.07) is 14.0. The van der Waals surface area contributed by atoms with E-state index in [1.54, 1.807) is 48.5 Å². The average Bonchev–Trinajstić information content (AvgIpc) is 2.97. The van der Waals surface area contributed by atoms with Gasteiger partial charge in [-0.3, -0.25) is 4.79 Å². The van der Waals surface area contributed by atoms with Gasteiger partial charge in [0.05, 0.1) is 11.7 Å². The van der Waals surface area contributed by atoms with Gasteiger partial charge in [0.25, 0.3) is 11.6 Å². The lowest BCUT2D eigenvalue weighted by Crippen LogP contribution is -2.41. The highest BCUT2D eigenvalue weighted by atomic mass is 16.3. The number of nitrogens with zero attached hydrogens (tertiary/aromatic N) is 1. The highest BCUT2D eigenvalue weighted by Crippen LogP contribution is 2.41. The summed E-state index contributed by atoms with van der Waals surface area (Å²) in [5.41, 5.74) is -0.237. The van der Waals surface area contributed by atoms with E-state index in [1.165, 1.54) is 10.8 Å². The van der Waals surface area contributed by atoms with Crippen LogP contribution in [0.5, 0.6) is 5.75 Å². The van der Waals surface area contributed by atoms with E-state index >= 15 is 0 Å². The van der Waals surface area contributed by atoms with Gasteiger partial charge < -0.3 is 20.1 Å². The molecule has 0 fully saturated rings. The first kappa shape index (κ1) is 12.0. The molecule has 3 N–H and O–H groups in total. The maximum Gasteiger partial charge on any atom is 0.283 e. The summed E-state index contributed by atoms with van der Waals surface area (Å²) < 4.78 is 1.40. The molecule has 0 spiro atoms. The molecule has 0 bridgehead atoms. The molecule has 5 nitrogen and oxygen atoms in total. The molecule has 2 heterocycles. The summed E-state index contributed by atoms with van der Waals surface area (Å²) in [5.74, 6) is -0.513. The molecule has 4 rings (SSSR count). The number of anilines is 1. The van der Waals surface area contributed by atoms with E-state index in [2.05, 4.69) is 5.32 Å². The molecule has 104 valence electrons. The lowest BCUT2D eigenvalue weighted by molar-refractivity contribution is -0.136. The van der Waals surface area contributed by atoms with Gasteiger partial charge in [-0.25, -0.2) is 0 Å². The van der Waals surface area contributed by atoms with Crippen molar-refractivity contribution in [2.75, 3.05) is 5.32 Å². The van der Waals surface area contributed by atoms with Crippen LogP contribution in [-0.4, -0.2) is 20.7 Å². The fourth-order valence-corrected chi connectivity index (χ4v) is 2.90. The van der Waals surface area contributed by atoms with Gasteiger partial charge in [0.2, 0.25) is 0 Å². The van der Waals surface area contributed by atoms with Crippen LogP contribution in [0.15, 0.2) is 54.7 Å². The van der Waals surface area contributed by atoms with Gasteiger partial charge in [-0.2, -0.15) is 0 Å². The second-order valence-electron chi connectivity index (χ2n) is 5.07. The number of hydrogen-bond donors (Lipinski definition) is 3. The third-order valence-electron chi connectivity index (χ3n) is 3.91. The number of rotatable bonds is 1. The maximum absolute atomic E-state index is 12.3. The average molecular weight is 280 g/mol. The number of amides is 1. The fourth-order valence-electron chi connectivity index (χ4n) is 2.90. The van der Waals surface area contributed by atoms with Crippen LogP contribution in [0, 0.1) is 0 Å². The number of nitrogens with one attached hydrogen (secondary N) is 1. The normalized spacial score (nSPS) is 20.5. The summed E-state index contributed by atoms with van der Waals surface area (Å²) in [7, 11) is 0. The summed E-state index contributed by atoms with van der Waals surface area (Å²) in [6.45, 7) is 0. The first-order chi connectivity index (χ1) is 10.1. The van der Waals surface area contributed by atoms with Crippen molar-refractivity contribution in [3.63, 3.8) is 0 Å². The van der Waals surface area contributed by atoms with Gasteiger partial charge in [-0.05, 0) is 18.2 Å². The smallest absolute Gasteiger partial charge is 0.283 e. The first-order valence-electron chi connectivity index (χ1n) is 6.55. The van der Waals surface area contributed by atoms with Gasteiger partial charge in [0, 0.05) is 16.6 Å². The second-order valence-corrected chi connectivity index (χ2v) is 5.07. The van der Waals surface area contributed by atoms with Crippen LogP contribution in [0.3, 0.4) is 0 Å². The summed E-state index contributed by atoms with van der Waals surface area (Å²) >= 11 is 0. The predicted octanol–water partition coefficient (Wildman–Crippen LogP) is 1.99. The van der Waals surface area contributed by atoms with E-state index in [0.29, 0.717) is 22.2 Å². The van der Waals surface area contributed by atoms with E-state index in [-0.39, 0.29) is 5.75 Å². The van der Waals surface area contributed by atoms with Crippen molar-refractivity contribution in [1.29, 1.82) is 0 Å². The molecule has 1 aromatic heterocycles. The fraction of sp³-hybridized carbons (Fsp3) is 0.0625. The van der Waals surface area contributed by atoms with Crippen LogP contribution in [0.25, 0.3) is 10.9 Å². The van der Waals surface area contributed by atoms with Crippen molar-refractivity contribution in [3.05, 3.63) is 60.3 Å². The molecule has 1 atom stereocenters. The molecule has 3 aromatic rings. The van der Waals surface area contributed by atoms with Crippen LogP contribution in [0.4, 0.5) is 5.69 Å². The topological polar surface area (TPSA) is 74.5 Å². The number of fused-ring (bicyclic) bond motifs is 2. The third-order valence-corrected chi connectivity index (χ3v) is 3.91. The Bertz CT molecular complexity index is 884. The number of hydrogen-bond acceptors (Lipinski definition) is 3. The van der Waals surface area contributed by atoms with Crippen molar-refractivity contribution in [2.24, 2.45) is 0 Å². The molecule has 21 heavy (non-hydrogen) atoms. The van der Waals surface area contributed by atoms with Crippen LogP contribution in [-0.2, 0) is 10.5 Å². The van der Waals surface area contributed by atoms with Gasteiger partial charge >= 0.3 is 0 Å². The minimum Gasteiger partial charge on any atom is -0.506 e. The Morgan fingerprint density at radius 2 is 1.76 bits per heavy atom. The van der Waals surface area contributed by atoms with E-state index in [4.69, 9.17) is 0 Å². The van der Waals surface area contributed by atoms with Crippen LogP contribution < -0.4 is 5.32 Å². The van der Waals surface area contributed by atoms with Gasteiger partial charge in [0.1, 0.15) is 5.75 Å². The minimum absolute atomic E-state index is 0.0243. The van der Waals surface area contributed by atoms with Crippen LogP contribution >= 0.6 is 0 Å². The first-order valence-corrected chi connectivity index (χ1v) is 6.55. The van der Waals surface area contributed by atoms with Crippen molar-refractivity contribution >= 4 is 22.5 Å². The number of benzene rings is 2. The van der Waals surface area contributed by atoms with Crippen molar-refractivity contribution in [2.45, 2.75) is 5.72 Å². The molecule has 2 aromatic carbocycles. The largest absolute Gasteiger partial charge is 0.506 e. The SMILES string of the molecule is O=C1Nc2ccccc2C1(O)n1cc(O)c2ccccc21. The van der Waals surface area contributed by atoms with Gasteiger partial charge in [-0.15, -0.1) is 0 Å². The molecule has 5 heteroatoms. The van der Waals surface area contributed by atoms with Gasteiger partial charge in [-0.1, -0.05) is 30.3 Å². The minimum atomic E-state index is -1.86. The standard InChI is InChI=1S/C16H12N2O3/c19-14-9-18(13-8-4-1-5-10(13)14)16(21)11-6-2-3-7-12(11)17-15(16)20/h1-9,19,21H,(H,17,20). The van der Waals surface area contributed by atoms with E-state index in [0.717, 1.165) is 0 Å². The number of aromatic hydroxyl groups is 1. The monoisotopic (exact) mass is 280 g/mol. The Labute approximate surface area is 120 Å². The lowest BCUT2D eigenvalue weighted by atomic mass is 10.0. The number of carbonyl (C=O) groups excluding carboxylic acids is 1. The van der Waals surface area contributed by atoms with Crippen LogP contribution in [0.2, 0.25) is 0 Å². The van der Waals surface area contributed by atoms with Gasteiger partial charge in [0.15, 0.2) is 0 Å². The Kier molecular flexibility index (Phi) is 2.21. The van der Waals surface area contributed by atoms with E-state index in [1.807, 2.05) is 0 Å². The summed E-state index contributed by atoms with van der Waals surface area (Å²) in [5, 5.41) is 24.3. The molecular weight excluding hydrogens is 268 g/mol. The van der Waals surface area contributed by atoms with Crippen molar-refractivity contribution in [3.8, 4) is 5.75 Å². The lowest BCUT2D eigenvalue weighted by Gasteiger charge is -2.23. The Hall–Kier alpha value is -2.79. The number of para-hydroxylation sites is 2. The molecule has 1 aliphatic heterocycles. The zero-order chi connectivity index (χ0) is 14.6. The highest BCUT2D eigenvalue weighted by molar-refractivity contribution is 6.06. The van der Waals surface area contributed by atoms with Crippen molar-refractivity contribution in [1.82, 2.24) is 4.57 Å². The quantitative estimate of drug-likeness (QED) is 0.638. The molecule has 0 saturated carbocycles. The second kappa shape index (κ2) is 3.86. The molecule has 0 radical (unpaired) electrons. The summed E-state index contributed by atoms with van der Waals surface area (Å²) in [6.07, 6.45) is 1.38. The zero-order valence-electron chi connectivity index (χ0n) is 10.9. The van der Waals surface area contributed by atoms with Crippen molar-refractivity contribution < 1.29 is 15.0 Å². The molecule has 1 unspecified atom stereocenters. The Morgan fingerprint density at radius 1 is 1.05 bits per heavy atom.